The van der Waals surface area contributed by atoms with E-state index in [2.05, 4.69) is 30.2 Å². The Morgan fingerprint density at radius 1 is 1.32 bits per heavy atom. The van der Waals surface area contributed by atoms with Crippen LogP contribution in [-0.4, -0.2) is 71.5 Å². The first kappa shape index (κ1) is 21.9. The van der Waals surface area contributed by atoms with Crippen LogP contribution in [0.1, 0.15) is 12.8 Å². The van der Waals surface area contributed by atoms with Crippen molar-refractivity contribution in [3.8, 4) is 11.4 Å². The monoisotopic (exact) mass is 448 g/mol. The number of H-pyrrole nitrogens is 1. The Morgan fingerprint density at radius 2 is 2.16 bits per heavy atom. The molecular weight excluding hydrogens is 423 g/mol. The molecule has 1 fully saturated rings. The van der Waals surface area contributed by atoms with Gasteiger partial charge in [-0.05, 0) is 31.4 Å². The molecule has 0 amide bonds. The van der Waals surface area contributed by atoms with Crippen molar-refractivity contribution in [2.24, 2.45) is 5.92 Å². The molecule has 0 radical (unpaired) electrons. The fraction of sp³-hybridized carbons (Fsp3) is 0.476. The standard InChI is InChI=1S/C21H26ClFN6O2/c1-30-18(31-2)12-29-5-3-4-13(11-29)7-24-21-17(23)10-27-20(28-21)16-9-26-19-15(16)6-14(22)8-25-19/h6,8-10,13,18H,3-5,7,11-12H2,1-2H3,(H,25,26)(H,24,27,28)/t13-/m0/s1. The van der Waals surface area contributed by atoms with Crippen LogP contribution < -0.4 is 5.32 Å². The number of aromatic amines is 1. The van der Waals surface area contributed by atoms with Crippen molar-refractivity contribution in [3.05, 3.63) is 35.5 Å². The Morgan fingerprint density at radius 3 is 2.97 bits per heavy atom. The van der Waals surface area contributed by atoms with Gasteiger partial charge < -0.3 is 19.8 Å². The van der Waals surface area contributed by atoms with Crippen LogP contribution in [0, 0.1) is 11.7 Å². The molecule has 1 atom stereocenters. The molecular formula is C21H26ClFN6O2. The molecule has 4 heterocycles. The fourth-order valence-corrected chi connectivity index (χ4v) is 4.12. The zero-order chi connectivity index (χ0) is 21.8. The number of fused-ring (bicyclic) bond motifs is 1. The number of nitrogens with one attached hydrogen (secondary N) is 2. The van der Waals surface area contributed by atoms with E-state index in [1.165, 1.54) is 6.20 Å². The number of aromatic nitrogens is 4. The minimum Gasteiger partial charge on any atom is -0.367 e. The molecule has 0 saturated carbocycles. The molecule has 0 spiro atoms. The summed E-state index contributed by atoms with van der Waals surface area (Å²) in [7, 11) is 3.29. The second-order valence-corrected chi connectivity index (χ2v) is 8.13. The maximum absolute atomic E-state index is 14.4. The number of likely N-dealkylation sites (tertiary alicyclic amines) is 1. The van der Waals surface area contributed by atoms with Crippen molar-refractivity contribution in [3.63, 3.8) is 0 Å². The lowest BCUT2D eigenvalue weighted by molar-refractivity contribution is -0.119. The van der Waals surface area contributed by atoms with Crippen LogP contribution in [0.25, 0.3) is 22.4 Å². The summed E-state index contributed by atoms with van der Waals surface area (Å²) in [6, 6.07) is 1.79. The summed E-state index contributed by atoms with van der Waals surface area (Å²) in [5.74, 6) is 0.494. The molecule has 10 heteroatoms. The molecule has 31 heavy (non-hydrogen) atoms. The number of anilines is 1. The van der Waals surface area contributed by atoms with Gasteiger partial charge in [-0.25, -0.2) is 19.3 Å². The van der Waals surface area contributed by atoms with Crippen LogP contribution in [0.4, 0.5) is 10.2 Å². The van der Waals surface area contributed by atoms with E-state index in [0.29, 0.717) is 35.5 Å². The molecule has 2 N–H and O–H groups in total. The van der Waals surface area contributed by atoms with Gasteiger partial charge in [0, 0.05) is 57.2 Å². The SMILES string of the molecule is COC(CN1CCC[C@@H](CNc2nc(-c3c[nH]c4ncc(Cl)cc34)ncc2F)C1)OC. The molecule has 3 aromatic rings. The van der Waals surface area contributed by atoms with Gasteiger partial charge in [-0.2, -0.15) is 0 Å². The Balaban J connectivity index is 1.45. The smallest absolute Gasteiger partial charge is 0.183 e. The Kier molecular flexibility index (Phi) is 6.96. The van der Waals surface area contributed by atoms with Crippen molar-refractivity contribution < 1.29 is 13.9 Å². The Bertz CT molecular complexity index is 1030. The first-order valence-electron chi connectivity index (χ1n) is 10.2. The summed E-state index contributed by atoms with van der Waals surface area (Å²) in [5.41, 5.74) is 1.40. The molecule has 1 aliphatic heterocycles. The van der Waals surface area contributed by atoms with E-state index in [1.54, 1.807) is 32.7 Å². The molecule has 0 aromatic carbocycles. The maximum Gasteiger partial charge on any atom is 0.183 e. The highest BCUT2D eigenvalue weighted by molar-refractivity contribution is 6.31. The number of rotatable bonds is 8. The van der Waals surface area contributed by atoms with Crippen molar-refractivity contribution in [2.45, 2.75) is 19.1 Å². The van der Waals surface area contributed by atoms with Crippen LogP contribution in [0.3, 0.4) is 0 Å². The van der Waals surface area contributed by atoms with E-state index < -0.39 is 5.82 Å². The van der Waals surface area contributed by atoms with E-state index in [0.717, 1.165) is 36.9 Å². The molecule has 4 rings (SSSR count). The van der Waals surface area contributed by atoms with Crippen LogP contribution in [0.2, 0.25) is 5.02 Å². The van der Waals surface area contributed by atoms with Gasteiger partial charge in [0.2, 0.25) is 0 Å². The number of pyridine rings is 1. The summed E-state index contributed by atoms with van der Waals surface area (Å²) in [6.45, 7) is 3.23. The van der Waals surface area contributed by atoms with Gasteiger partial charge in [0.15, 0.2) is 23.7 Å². The Labute approximate surface area is 185 Å². The van der Waals surface area contributed by atoms with Gasteiger partial charge in [-0.15, -0.1) is 0 Å². The molecule has 1 aliphatic rings. The van der Waals surface area contributed by atoms with Crippen molar-refractivity contribution in [1.29, 1.82) is 0 Å². The quantitative estimate of drug-likeness (QED) is 0.509. The molecule has 1 saturated heterocycles. The van der Waals surface area contributed by atoms with Gasteiger partial charge >= 0.3 is 0 Å². The normalized spacial score (nSPS) is 17.5. The minimum atomic E-state index is -0.480. The number of piperidine rings is 1. The number of hydrogen-bond acceptors (Lipinski definition) is 7. The van der Waals surface area contributed by atoms with Gasteiger partial charge in [-0.1, -0.05) is 11.6 Å². The minimum absolute atomic E-state index is 0.193. The lowest BCUT2D eigenvalue weighted by Gasteiger charge is -2.34. The predicted molar refractivity (Wildman–Crippen MR) is 118 cm³/mol. The zero-order valence-corrected chi connectivity index (χ0v) is 18.3. The van der Waals surface area contributed by atoms with Gasteiger partial charge in [0.25, 0.3) is 0 Å². The number of halogens is 2. The summed E-state index contributed by atoms with van der Waals surface area (Å²) in [4.78, 5) is 18.2. The fourth-order valence-electron chi connectivity index (χ4n) is 3.96. The van der Waals surface area contributed by atoms with Crippen molar-refractivity contribution in [2.75, 3.05) is 45.7 Å². The summed E-state index contributed by atoms with van der Waals surface area (Å²) in [5, 5.41) is 4.48. The van der Waals surface area contributed by atoms with E-state index in [9.17, 15) is 4.39 Å². The zero-order valence-electron chi connectivity index (χ0n) is 17.6. The second-order valence-electron chi connectivity index (χ2n) is 7.69. The molecule has 0 bridgehead atoms. The highest BCUT2D eigenvalue weighted by Gasteiger charge is 2.23. The molecule has 166 valence electrons. The summed E-state index contributed by atoms with van der Waals surface area (Å²) < 4.78 is 25.0. The van der Waals surface area contributed by atoms with Gasteiger partial charge in [0.05, 0.1) is 11.2 Å². The third-order valence-electron chi connectivity index (χ3n) is 5.58. The predicted octanol–water partition coefficient (Wildman–Crippen LogP) is 3.56. The van der Waals surface area contributed by atoms with Gasteiger partial charge in [-0.3, -0.25) is 4.90 Å². The average Bonchev–Trinajstić information content (AvgIpc) is 3.20. The van der Waals surface area contributed by atoms with Crippen LogP contribution in [0.5, 0.6) is 0 Å². The second kappa shape index (κ2) is 9.86. The number of nitrogens with zero attached hydrogens (tertiary/aromatic N) is 4. The number of methoxy groups -OCH3 is 2. The van der Waals surface area contributed by atoms with Crippen LogP contribution >= 0.6 is 11.6 Å². The van der Waals surface area contributed by atoms with Gasteiger partial charge in [0.1, 0.15) is 5.65 Å². The molecule has 8 nitrogen and oxygen atoms in total. The van der Waals surface area contributed by atoms with Crippen LogP contribution in [-0.2, 0) is 9.47 Å². The third-order valence-corrected chi connectivity index (χ3v) is 5.78. The topological polar surface area (TPSA) is 88.2 Å². The number of hydrogen-bond donors (Lipinski definition) is 2. The van der Waals surface area contributed by atoms with E-state index >= 15 is 0 Å². The van der Waals surface area contributed by atoms with E-state index in [4.69, 9.17) is 21.1 Å². The summed E-state index contributed by atoms with van der Waals surface area (Å²) in [6.07, 6.45) is 6.42. The Hall–Kier alpha value is -2.33. The van der Waals surface area contributed by atoms with Crippen molar-refractivity contribution in [1.82, 2.24) is 24.8 Å². The maximum atomic E-state index is 14.4. The van der Waals surface area contributed by atoms with E-state index in [-0.39, 0.29) is 12.1 Å². The van der Waals surface area contributed by atoms with E-state index in [1.807, 2.05) is 0 Å². The molecule has 0 unspecified atom stereocenters. The first-order valence-corrected chi connectivity index (χ1v) is 10.6. The third kappa shape index (κ3) is 5.12. The lowest BCUT2D eigenvalue weighted by atomic mass is 9.98. The van der Waals surface area contributed by atoms with Crippen molar-refractivity contribution >= 4 is 28.5 Å². The first-order chi connectivity index (χ1) is 15.1. The molecule has 3 aromatic heterocycles. The number of ether oxygens (including phenoxy) is 2. The van der Waals surface area contributed by atoms with Crippen LogP contribution in [0.15, 0.2) is 24.7 Å². The summed E-state index contributed by atoms with van der Waals surface area (Å²) >= 11 is 6.08. The largest absolute Gasteiger partial charge is 0.367 e. The highest BCUT2D eigenvalue weighted by atomic mass is 35.5. The molecule has 0 aliphatic carbocycles. The average molecular weight is 449 g/mol. The lowest BCUT2D eigenvalue weighted by Crippen LogP contribution is -2.42. The highest BCUT2D eigenvalue weighted by Crippen LogP contribution is 2.28.